The number of rotatable bonds is 5. The first-order chi connectivity index (χ1) is 9.45. The third-order valence-corrected chi connectivity index (χ3v) is 3.21. The van der Waals surface area contributed by atoms with Crippen LogP contribution in [0.1, 0.15) is 17.3 Å². The van der Waals surface area contributed by atoms with Gasteiger partial charge in [0.2, 0.25) is 0 Å². The van der Waals surface area contributed by atoms with Crippen LogP contribution in [0.15, 0.2) is 18.2 Å². The quantitative estimate of drug-likeness (QED) is 0.649. The lowest BCUT2D eigenvalue weighted by Crippen LogP contribution is -2.48. The predicted octanol–water partition coefficient (Wildman–Crippen LogP) is 1.37. The maximum atomic E-state index is 12.0. The van der Waals surface area contributed by atoms with Crippen molar-refractivity contribution in [1.82, 2.24) is 5.32 Å². The van der Waals surface area contributed by atoms with Crippen molar-refractivity contribution in [3.8, 4) is 5.75 Å². The van der Waals surface area contributed by atoms with Crippen LogP contribution in [-0.4, -0.2) is 37.7 Å². The third-order valence-electron chi connectivity index (χ3n) is 3.21. The van der Waals surface area contributed by atoms with E-state index in [0.717, 1.165) is 0 Å². The second-order valence-electron chi connectivity index (χ2n) is 5.13. The Kier molecular flexibility index (Phi) is 3.89. The summed E-state index contributed by atoms with van der Waals surface area (Å²) in [6.07, 6.45) is 0. The molecule has 1 saturated heterocycles. The van der Waals surface area contributed by atoms with E-state index in [9.17, 15) is 14.9 Å². The van der Waals surface area contributed by atoms with Crippen LogP contribution in [0.5, 0.6) is 5.75 Å². The number of methoxy groups -OCH3 is 1. The van der Waals surface area contributed by atoms with Crippen LogP contribution in [0, 0.1) is 15.5 Å². The number of carbonyl (C=O) groups excluding carboxylic acids is 1. The fourth-order valence-electron chi connectivity index (χ4n) is 1.92. The van der Waals surface area contributed by atoms with E-state index in [2.05, 4.69) is 5.32 Å². The number of carbonyl (C=O) groups is 1. The van der Waals surface area contributed by atoms with Crippen LogP contribution in [-0.2, 0) is 4.74 Å². The number of nitro benzene ring substituents is 1. The minimum atomic E-state index is -0.573. The molecule has 1 heterocycles. The number of hydrogen-bond acceptors (Lipinski definition) is 5. The lowest BCUT2D eigenvalue weighted by molar-refractivity contribution is -0.385. The van der Waals surface area contributed by atoms with Gasteiger partial charge in [0.25, 0.3) is 5.91 Å². The number of amides is 1. The Morgan fingerprint density at radius 3 is 2.75 bits per heavy atom. The molecule has 0 bridgehead atoms. The van der Waals surface area contributed by atoms with E-state index in [1.165, 1.54) is 25.3 Å². The van der Waals surface area contributed by atoms with Crippen LogP contribution < -0.4 is 10.1 Å². The van der Waals surface area contributed by atoms with Crippen LogP contribution in [0.3, 0.4) is 0 Å². The fraction of sp³-hybridized carbons (Fsp3) is 0.462. The van der Waals surface area contributed by atoms with E-state index in [1.54, 1.807) is 0 Å². The first-order valence-corrected chi connectivity index (χ1v) is 6.13. The van der Waals surface area contributed by atoms with E-state index < -0.39 is 4.92 Å². The van der Waals surface area contributed by atoms with Crippen LogP contribution >= 0.6 is 0 Å². The zero-order valence-electron chi connectivity index (χ0n) is 11.3. The van der Waals surface area contributed by atoms with Crippen molar-refractivity contribution in [3.05, 3.63) is 33.9 Å². The van der Waals surface area contributed by atoms with Crippen LogP contribution in [0.4, 0.5) is 5.69 Å². The lowest BCUT2D eigenvalue weighted by atomic mass is 9.88. The number of hydrogen-bond donors (Lipinski definition) is 1. The zero-order chi connectivity index (χ0) is 14.8. The molecular weight excluding hydrogens is 264 g/mol. The van der Waals surface area contributed by atoms with Gasteiger partial charge in [0.15, 0.2) is 5.75 Å². The van der Waals surface area contributed by atoms with Crippen molar-refractivity contribution < 1.29 is 19.2 Å². The van der Waals surface area contributed by atoms with E-state index in [4.69, 9.17) is 9.47 Å². The van der Waals surface area contributed by atoms with Gasteiger partial charge in [0.05, 0.1) is 25.2 Å². The Morgan fingerprint density at radius 1 is 1.55 bits per heavy atom. The molecule has 1 aliphatic rings. The van der Waals surface area contributed by atoms with Crippen LogP contribution in [0.25, 0.3) is 0 Å². The van der Waals surface area contributed by atoms with Gasteiger partial charge < -0.3 is 14.8 Å². The molecule has 1 amide bonds. The van der Waals surface area contributed by atoms with Gasteiger partial charge >= 0.3 is 5.69 Å². The average Bonchev–Trinajstić information content (AvgIpc) is 2.41. The molecule has 0 atom stereocenters. The number of nitrogens with zero attached hydrogens (tertiary/aromatic N) is 1. The van der Waals surface area contributed by atoms with Crippen molar-refractivity contribution in [3.63, 3.8) is 0 Å². The van der Waals surface area contributed by atoms with Gasteiger partial charge in [-0.15, -0.1) is 0 Å². The normalized spacial score (nSPS) is 16.1. The second-order valence-corrected chi connectivity index (χ2v) is 5.13. The molecule has 0 spiro atoms. The summed E-state index contributed by atoms with van der Waals surface area (Å²) in [7, 11) is 1.35. The number of nitro groups is 1. The predicted molar refractivity (Wildman–Crippen MR) is 70.9 cm³/mol. The van der Waals surface area contributed by atoms with Crippen LogP contribution in [0.2, 0.25) is 0 Å². The summed E-state index contributed by atoms with van der Waals surface area (Å²) in [6.45, 7) is 3.70. The minimum Gasteiger partial charge on any atom is -0.490 e. The topological polar surface area (TPSA) is 90.7 Å². The molecule has 0 aromatic heterocycles. The molecule has 1 aliphatic heterocycles. The van der Waals surface area contributed by atoms with E-state index in [-0.39, 0.29) is 28.3 Å². The number of nitrogens with one attached hydrogen (secondary N) is 1. The minimum absolute atomic E-state index is 0.0476. The molecule has 0 unspecified atom stereocenters. The van der Waals surface area contributed by atoms with Gasteiger partial charge in [0, 0.05) is 23.6 Å². The summed E-state index contributed by atoms with van der Waals surface area (Å²) < 4.78 is 9.99. The molecule has 7 heteroatoms. The van der Waals surface area contributed by atoms with Gasteiger partial charge in [-0.1, -0.05) is 6.92 Å². The van der Waals surface area contributed by atoms with Crippen molar-refractivity contribution in [1.29, 1.82) is 0 Å². The highest BCUT2D eigenvalue weighted by atomic mass is 16.6. The summed E-state index contributed by atoms with van der Waals surface area (Å²) in [4.78, 5) is 22.3. The maximum Gasteiger partial charge on any atom is 0.311 e. The molecule has 1 aromatic carbocycles. The summed E-state index contributed by atoms with van der Waals surface area (Å²) >= 11 is 0. The van der Waals surface area contributed by atoms with E-state index in [0.29, 0.717) is 19.8 Å². The summed E-state index contributed by atoms with van der Waals surface area (Å²) in [5.74, 6) is -0.213. The Balaban J connectivity index is 2.09. The molecule has 20 heavy (non-hydrogen) atoms. The lowest BCUT2D eigenvalue weighted by Gasteiger charge is -2.38. The van der Waals surface area contributed by atoms with Gasteiger partial charge in [-0.25, -0.2) is 0 Å². The summed E-state index contributed by atoms with van der Waals surface area (Å²) in [5.41, 5.74) is -0.0340. The third kappa shape index (κ3) is 2.88. The molecule has 7 nitrogen and oxygen atoms in total. The Bertz CT molecular complexity index is 540. The fourth-order valence-corrected chi connectivity index (χ4v) is 1.92. The Morgan fingerprint density at radius 2 is 2.25 bits per heavy atom. The number of benzene rings is 1. The van der Waals surface area contributed by atoms with Gasteiger partial charge in [-0.3, -0.25) is 14.9 Å². The smallest absolute Gasteiger partial charge is 0.311 e. The maximum absolute atomic E-state index is 12.0. The van der Waals surface area contributed by atoms with Gasteiger partial charge in [0.1, 0.15) is 0 Å². The summed E-state index contributed by atoms with van der Waals surface area (Å²) in [5, 5.41) is 13.7. The molecule has 0 aliphatic carbocycles. The van der Waals surface area contributed by atoms with Gasteiger partial charge in [-0.05, 0) is 12.1 Å². The molecule has 1 N–H and O–H groups in total. The van der Waals surface area contributed by atoms with Crippen molar-refractivity contribution in [2.75, 3.05) is 26.9 Å². The molecule has 108 valence electrons. The molecule has 0 saturated carbocycles. The van der Waals surface area contributed by atoms with E-state index >= 15 is 0 Å². The highest BCUT2D eigenvalue weighted by molar-refractivity contribution is 5.95. The van der Waals surface area contributed by atoms with Gasteiger partial charge in [-0.2, -0.15) is 0 Å². The molecular formula is C13H16N2O5. The first-order valence-electron chi connectivity index (χ1n) is 6.13. The highest BCUT2D eigenvalue weighted by Crippen LogP contribution is 2.28. The van der Waals surface area contributed by atoms with Crippen molar-refractivity contribution in [2.45, 2.75) is 6.92 Å². The zero-order valence-corrected chi connectivity index (χ0v) is 11.3. The van der Waals surface area contributed by atoms with Crippen molar-refractivity contribution >= 4 is 11.6 Å². The molecule has 2 rings (SSSR count). The highest BCUT2D eigenvalue weighted by Gasteiger charge is 2.33. The average molecular weight is 280 g/mol. The van der Waals surface area contributed by atoms with E-state index in [1.807, 2.05) is 6.92 Å². The molecule has 0 radical (unpaired) electrons. The first kappa shape index (κ1) is 14.3. The Labute approximate surface area is 116 Å². The summed E-state index contributed by atoms with van der Waals surface area (Å²) in [6, 6.07) is 4.13. The largest absolute Gasteiger partial charge is 0.490 e. The SMILES string of the molecule is COc1ccc(C(=O)NCC2(C)COC2)cc1[N+](=O)[O-]. The monoisotopic (exact) mass is 280 g/mol. The standard InChI is InChI=1S/C13H16N2O5/c1-13(7-20-8-13)6-14-12(16)9-3-4-11(19-2)10(5-9)15(17)18/h3-5H,6-8H2,1-2H3,(H,14,16). The molecule has 1 fully saturated rings. The number of ether oxygens (including phenoxy) is 2. The Hall–Kier alpha value is -2.15. The molecule has 1 aromatic rings. The van der Waals surface area contributed by atoms with Crippen molar-refractivity contribution in [2.24, 2.45) is 5.41 Å². The second kappa shape index (κ2) is 5.46.